The van der Waals surface area contributed by atoms with Gasteiger partial charge in [-0.1, -0.05) is 6.92 Å². The lowest BCUT2D eigenvalue weighted by molar-refractivity contribution is 0.0689. The van der Waals surface area contributed by atoms with Crippen LogP contribution >= 0.6 is 0 Å². The topological polar surface area (TPSA) is 64.4 Å². The van der Waals surface area contributed by atoms with Crippen LogP contribution in [0.2, 0.25) is 0 Å². The van der Waals surface area contributed by atoms with Gasteiger partial charge in [-0.25, -0.2) is 9.48 Å². The van der Waals surface area contributed by atoms with Crippen molar-refractivity contribution >= 4 is 5.97 Å². The molecule has 0 saturated carbocycles. The van der Waals surface area contributed by atoms with E-state index in [9.17, 15) is 4.79 Å². The first-order chi connectivity index (χ1) is 6.74. The van der Waals surface area contributed by atoms with Crippen LogP contribution in [0.5, 0.6) is 5.88 Å². The molecule has 2 rings (SSSR count). The molecule has 14 heavy (non-hydrogen) atoms. The minimum absolute atomic E-state index is 0.229. The third kappa shape index (κ3) is 1.25. The summed E-state index contributed by atoms with van der Waals surface area (Å²) in [5, 5.41) is 13.2. The number of aromatic carboxylic acids is 1. The van der Waals surface area contributed by atoms with Gasteiger partial charge in [-0.3, -0.25) is 0 Å². The Hall–Kier alpha value is -1.52. The average molecular weight is 196 g/mol. The highest BCUT2D eigenvalue weighted by molar-refractivity contribution is 5.91. The van der Waals surface area contributed by atoms with Crippen molar-refractivity contribution in [2.24, 2.45) is 0 Å². The van der Waals surface area contributed by atoms with E-state index in [1.54, 1.807) is 4.68 Å². The van der Waals surface area contributed by atoms with Gasteiger partial charge in [0.25, 0.3) is 0 Å². The van der Waals surface area contributed by atoms with Crippen molar-refractivity contribution in [3.8, 4) is 5.88 Å². The van der Waals surface area contributed by atoms with Crippen molar-refractivity contribution in [2.45, 2.75) is 26.3 Å². The molecule has 1 aliphatic heterocycles. The molecule has 5 nitrogen and oxygen atoms in total. The molecule has 0 aliphatic carbocycles. The smallest absolute Gasteiger partial charge is 0.343 e. The predicted octanol–water partition coefficient (Wildman–Crippen LogP) is 0.926. The van der Waals surface area contributed by atoms with E-state index in [-0.39, 0.29) is 5.56 Å². The van der Waals surface area contributed by atoms with Gasteiger partial charge in [0.2, 0.25) is 5.88 Å². The number of fused-ring (bicyclic) bond motifs is 1. The quantitative estimate of drug-likeness (QED) is 0.764. The molecule has 1 aromatic rings. The van der Waals surface area contributed by atoms with Crippen molar-refractivity contribution in [1.82, 2.24) is 9.78 Å². The summed E-state index contributed by atoms with van der Waals surface area (Å²) in [5.41, 5.74) is 0.835. The highest BCUT2D eigenvalue weighted by atomic mass is 16.5. The Morgan fingerprint density at radius 3 is 3.14 bits per heavy atom. The summed E-state index contributed by atoms with van der Waals surface area (Å²) in [5.74, 6) is -0.536. The van der Waals surface area contributed by atoms with Crippen LogP contribution in [-0.4, -0.2) is 27.5 Å². The van der Waals surface area contributed by atoms with Crippen LogP contribution in [0.1, 0.15) is 29.4 Å². The van der Waals surface area contributed by atoms with Crippen LogP contribution in [0, 0.1) is 0 Å². The highest BCUT2D eigenvalue weighted by Gasteiger charge is 2.25. The second-order valence-electron chi connectivity index (χ2n) is 3.21. The second-order valence-corrected chi connectivity index (χ2v) is 3.21. The van der Waals surface area contributed by atoms with Crippen LogP contribution in [-0.2, 0) is 13.0 Å². The monoisotopic (exact) mass is 196 g/mol. The zero-order chi connectivity index (χ0) is 10.1. The molecule has 5 heteroatoms. The maximum atomic E-state index is 11.0. The third-order valence-electron chi connectivity index (χ3n) is 2.28. The Balaban J connectivity index is 2.53. The van der Waals surface area contributed by atoms with Crippen molar-refractivity contribution < 1.29 is 14.6 Å². The number of ether oxygens (including phenoxy) is 1. The predicted molar refractivity (Wildman–Crippen MR) is 48.7 cm³/mol. The van der Waals surface area contributed by atoms with Crippen molar-refractivity contribution in [3.05, 3.63) is 11.3 Å². The van der Waals surface area contributed by atoms with Crippen LogP contribution in [0.3, 0.4) is 0 Å². The van der Waals surface area contributed by atoms with Gasteiger partial charge in [-0.05, 0) is 6.42 Å². The van der Waals surface area contributed by atoms with E-state index >= 15 is 0 Å². The maximum absolute atomic E-state index is 11.0. The molecule has 2 heterocycles. The van der Waals surface area contributed by atoms with Gasteiger partial charge in [-0.15, -0.1) is 0 Å². The normalized spacial score (nSPS) is 14.6. The Labute approximate surface area is 81.3 Å². The molecular weight excluding hydrogens is 184 g/mol. The van der Waals surface area contributed by atoms with Crippen LogP contribution in [0.4, 0.5) is 0 Å². The largest absolute Gasteiger partial charge is 0.477 e. The molecule has 0 bridgehead atoms. The molecule has 0 unspecified atom stereocenters. The average Bonchev–Trinajstić information content (AvgIpc) is 2.55. The first-order valence-electron chi connectivity index (χ1n) is 4.69. The SMILES string of the molecule is CCc1nn2c(c1C(=O)O)OCCC2. The standard InChI is InChI=1S/C9H12N2O3/c1-2-6-7(9(12)13)8-11(10-6)4-3-5-14-8/h2-5H2,1H3,(H,12,13). The first kappa shape index (κ1) is 9.05. The Morgan fingerprint density at radius 1 is 1.71 bits per heavy atom. The first-order valence-corrected chi connectivity index (χ1v) is 4.69. The van der Waals surface area contributed by atoms with Crippen LogP contribution in [0.25, 0.3) is 0 Å². The maximum Gasteiger partial charge on any atom is 0.343 e. The molecule has 0 aromatic carbocycles. The Bertz CT molecular complexity index is 370. The molecule has 1 N–H and O–H groups in total. The molecular formula is C9H12N2O3. The van der Waals surface area contributed by atoms with E-state index in [1.807, 2.05) is 6.92 Å². The summed E-state index contributed by atoms with van der Waals surface area (Å²) in [7, 11) is 0. The van der Waals surface area contributed by atoms with Gasteiger partial charge in [0.05, 0.1) is 12.3 Å². The third-order valence-corrected chi connectivity index (χ3v) is 2.28. The summed E-state index contributed by atoms with van der Waals surface area (Å²) in [6.07, 6.45) is 1.50. The molecule has 0 amide bonds. The van der Waals surface area contributed by atoms with Crippen molar-refractivity contribution in [2.75, 3.05) is 6.61 Å². The molecule has 1 aliphatic rings. The van der Waals surface area contributed by atoms with Crippen LogP contribution in [0.15, 0.2) is 0 Å². The van der Waals surface area contributed by atoms with Gasteiger partial charge < -0.3 is 9.84 Å². The van der Waals surface area contributed by atoms with E-state index in [1.165, 1.54) is 0 Å². The molecule has 0 saturated heterocycles. The molecule has 0 atom stereocenters. The molecule has 0 radical (unpaired) electrons. The number of hydrogen-bond acceptors (Lipinski definition) is 3. The van der Waals surface area contributed by atoms with Gasteiger partial charge in [0, 0.05) is 13.0 Å². The zero-order valence-corrected chi connectivity index (χ0v) is 7.99. The number of nitrogens with zero attached hydrogens (tertiary/aromatic N) is 2. The second kappa shape index (κ2) is 3.32. The minimum Gasteiger partial charge on any atom is -0.477 e. The van der Waals surface area contributed by atoms with E-state index < -0.39 is 5.97 Å². The number of carbonyl (C=O) groups is 1. The van der Waals surface area contributed by atoms with Crippen LogP contribution < -0.4 is 4.74 Å². The lowest BCUT2D eigenvalue weighted by Gasteiger charge is -2.14. The number of aryl methyl sites for hydroxylation is 2. The summed E-state index contributed by atoms with van der Waals surface area (Å²) in [6.45, 7) is 3.21. The number of carboxylic acids is 1. The van der Waals surface area contributed by atoms with E-state index in [0.29, 0.717) is 24.6 Å². The molecule has 0 spiro atoms. The zero-order valence-electron chi connectivity index (χ0n) is 7.99. The summed E-state index contributed by atoms with van der Waals surface area (Å²) in [4.78, 5) is 11.0. The lowest BCUT2D eigenvalue weighted by Crippen LogP contribution is -2.16. The number of carboxylic acid groups (broad SMARTS) is 1. The van der Waals surface area contributed by atoms with Crippen molar-refractivity contribution in [1.29, 1.82) is 0 Å². The van der Waals surface area contributed by atoms with Gasteiger partial charge >= 0.3 is 5.97 Å². The molecule has 76 valence electrons. The van der Waals surface area contributed by atoms with Crippen molar-refractivity contribution in [3.63, 3.8) is 0 Å². The number of hydrogen-bond donors (Lipinski definition) is 1. The highest BCUT2D eigenvalue weighted by Crippen LogP contribution is 2.26. The summed E-state index contributed by atoms with van der Waals surface area (Å²) < 4.78 is 6.96. The fraction of sp³-hybridized carbons (Fsp3) is 0.556. The Morgan fingerprint density at radius 2 is 2.50 bits per heavy atom. The fourth-order valence-electron chi connectivity index (χ4n) is 1.64. The van der Waals surface area contributed by atoms with E-state index in [4.69, 9.17) is 9.84 Å². The number of rotatable bonds is 2. The van der Waals surface area contributed by atoms with Gasteiger partial charge in [-0.2, -0.15) is 5.10 Å². The minimum atomic E-state index is -0.954. The van der Waals surface area contributed by atoms with Gasteiger partial charge in [0.15, 0.2) is 0 Å². The van der Waals surface area contributed by atoms with Gasteiger partial charge in [0.1, 0.15) is 5.56 Å². The lowest BCUT2D eigenvalue weighted by atomic mass is 10.2. The Kier molecular flexibility index (Phi) is 2.15. The van der Waals surface area contributed by atoms with E-state index in [2.05, 4.69) is 5.10 Å². The molecule has 1 aromatic heterocycles. The number of aromatic nitrogens is 2. The molecule has 0 fully saturated rings. The van der Waals surface area contributed by atoms with E-state index in [0.717, 1.165) is 13.0 Å². The summed E-state index contributed by atoms with van der Waals surface area (Å²) in [6, 6.07) is 0. The summed E-state index contributed by atoms with van der Waals surface area (Å²) >= 11 is 0. The fourth-order valence-corrected chi connectivity index (χ4v) is 1.64.